The van der Waals surface area contributed by atoms with Crippen LogP contribution in [0.3, 0.4) is 0 Å². The van der Waals surface area contributed by atoms with Gasteiger partial charge in [-0.2, -0.15) is 13.2 Å². The molecule has 21 heavy (non-hydrogen) atoms. The number of alkyl halides is 3. The van der Waals surface area contributed by atoms with Crippen LogP contribution >= 0.6 is 0 Å². The molecule has 3 rings (SSSR count). The standard InChI is InChI=1S/C16H21F3N2/c1-21(10-11-2-3-11)15-7-4-12(9-20-13-5-6-13)8-14(15)16(17,18)19/h4,7-8,11,13,20H,2-3,5-6,9-10H2,1H3. The van der Waals surface area contributed by atoms with Gasteiger partial charge in [0.1, 0.15) is 0 Å². The van der Waals surface area contributed by atoms with Crippen LogP contribution in [-0.2, 0) is 12.7 Å². The lowest BCUT2D eigenvalue weighted by molar-refractivity contribution is -0.137. The quantitative estimate of drug-likeness (QED) is 0.859. The highest BCUT2D eigenvalue weighted by atomic mass is 19.4. The van der Waals surface area contributed by atoms with Gasteiger partial charge in [-0.3, -0.25) is 0 Å². The number of halogens is 3. The zero-order chi connectivity index (χ0) is 15.0. The molecule has 0 spiro atoms. The van der Waals surface area contributed by atoms with E-state index in [1.165, 1.54) is 6.07 Å². The minimum Gasteiger partial charge on any atom is -0.374 e. The van der Waals surface area contributed by atoms with Crippen molar-refractivity contribution in [2.24, 2.45) is 5.92 Å². The third kappa shape index (κ3) is 3.90. The largest absolute Gasteiger partial charge is 0.418 e. The minimum atomic E-state index is -4.30. The molecule has 0 aliphatic heterocycles. The Kier molecular flexibility index (Phi) is 3.86. The molecule has 0 heterocycles. The van der Waals surface area contributed by atoms with Gasteiger partial charge in [0.2, 0.25) is 0 Å². The molecule has 2 fully saturated rings. The van der Waals surface area contributed by atoms with E-state index < -0.39 is 11.7 Å². The first-order valence-electron chi connectivity index (χ1n) is 7.58. The van der Waals surface area contributed by atoms with Gasteiger partial charge in [0.05, 0.1) is 5.56 Å². The third-order valence-corrected chi connectivity index (χ3v) is 4.18. The number of anilines is 1. The summed E-state index contributed by atoms with van der Waals surface area (Å²) in [6, 6.07) is 5.23. The lowest BCUT2D eigenvalue weighted by Crippen LogP contribution is -2.24. The number of nitrogens with one attached hydrogen (secondary N) is 1. The lowest BCUT2D eigenvalue weighted by atomic mass is 10.1. The van der Waals surface area contributed by atoms with Gasteiger partial charge in [-0.1, -0.05) is 6.07 Å². The zero-order valence-electron chi connectivity index (χ0n) is 12.2. The van der Waals surface area contributed by atoms with E-state index in [9.17, 15) is 13.2 Å². The Morgan fingerprint density at radius 2 is 1.90 bits per heavy atom. The summed E-state index contributed by atoms with van der Waals surface area (Å²) in [7, 11) is 1.75. The van der Waals surface area contributed by atoms with Gasteiger partial charge in [-0.15, -0.1) is 0 Å². The van der Waals surface area contributed by atoms with Gasteiger partial charge >= 0.3 is 6.18 Å². The molecule has 0 amide bonds. The molecule has 0 radical (unpaired) electrons. The lowest BCUT2D eigenvalue weighted by Gasteiger charge is -2.24. The molecule has 0 atom stereocenters. The highest BCUT2D eigenvalue weighted by molar-refractivity contribution is 5.56. The monoisotopic (exact) mass is 298 g/mol. The molecule has 116 valence electrons. The summed E-state index contributed by atoms with van der Waals surface area (Å²) >= 11 is 0. The zero-order valence-corrected chi connectivity index (χ0v) is 12.2. The van der Waals surface area contributed by atoms with Gasteiger partial charge in [-0.05, 0) is 49.3 Å². The summed E-state index contributed by atoms with van der Waals surface area (Å²) in [6.45, 7) is 1.23. The van der Waals surface area contributed by atoms with E-state index in [0.29, 0.717) is 36.3 Å². The van der Waals surface area contributed by atoms with Crippen molar-refractivity contribution in [2.75, 3.05) is 18.5 Å². The molecule has 0 saturated heterocycles. The Labute approximate surface area is 123 Å². The van der Waals surface area contributed by atoms with Crippen LogP contribution in [0.2, 0.25) is 0 Å². The van der Waals surface area contributed by atoms with Gasteiger partial charge in [0, 0.05) is 31.9 Å². The molecule has 1 N–H and O–H groups in total. The van der Waals surface area contributed by atoms with E-state index in [-0.39, 0.29) is 0 Å². The SMILES string of the molecule is CN(CC1CC1)c1ccc(CNC2CC2)cc1C(F)(F)F. The second-order valence-corrected chi connectivity index (χ2v) is 6.33. The van der Waals surface area contributed by atoms with Crippen molar-refractivity contribution in [3.8, 4) is 0 Å². The highest BCUT2D eigenvalue weighted by Crippen LogP contribution is 2.39. The first-order chi connectivity index (χ1) is 9.93. The fourth-order valence-electron chi connectivity index (χ4n) is 2.59. The minimum absolute atomic E-state index is 0.296. The van der Waals surface area contributed by atoms with E-state index in [0.717, 1.165) is 25.7 Å². The van der Waals surface area contributed by atoms with Crippen LogP contribution in [0.5, 0.6) is 0 Å². The predicted molar refractivity (Wildman–Crippen MR) is 77.3 cm³/mol. The molecule has 0 unspecified atom stereocenters. The maximum Gasteiger partial charge on any atom is 0.418 e. The van der Waals surface area contributed by atoms with Crippen molar-refractivity contribution in [3.63, 3.8) is 0 Å². The summed E-state index contributed by atoms with van der Waals surface area (Å²) < 4.78 is 39.9. The molecule has 1 aromatic carbocycles. The van der Waals surface area contributed by atoms with E-state index in [1.54, 1.807) is 18.0 Å². The van der Waals surface area contributed by atoms with E-state index >= 15 is 0 Å². The Bertz CT molecular complexity index is 505. The second-order valence-electron chi connectivity index (χ2n) is 6.33. The maximum absolute atomic E-state index is 13.3. The van der Waals surface area contributed by atoms with E-state index in [1.807, 2.05) is 6.07 Å². The van der Waals surface area contributed by atoms with Crippen molar-refractivity contribution in [1.29, 1.82) is 0 Å². The predicted octanol–water partition coefficient (Wildman–Crippen LogP) is 3.80. The van der Waals surface area contributed by atoms with E-state index in [4.69, 9.17) is 0 Å². The van der Waals surface area contributed by atoms with Crippen LogP contribution in [0.1, 0.15) is 36.8 Å². The third-order valence-electron chi connectivity index (χ3n) is 4.18. The average molecular weight is 298 g/mol. The molecule has 1 aromatic rings. The fraction of sp³-hybridized carbons (Fsp3) is 0.625. The molecule has 0 bridgehead atoms. The van der Waals surface area contributed by atoms with Crippen molar-refractivity contribution in [3.05, 3.63) is 29.3 Å². The number of hydrogen-bond donors (Lipinski definition) is 1. The number of rotatable bonds is 6. The van der Waals surface area contributed by atoms with Gasteiger partial charge in [0.25, 0.3) is 0 Å². The molecule has 2 nitrogen and oxygen atoms in total. The van der Waals surface area contributed by atoms with Crippen LogP contribution < -0.4 is 10.2 Å². The van der Waals surface area contributed by atoms with Crippen LogP contribution in [0, 0.1) is 5.92 Å². The molecular weight excluding hydrogens is 277 g/mol. The highest BCUT2D eigenvalue weighted by Gasteiger charge is 2.35. The Balaban J connectivity index is 1.79. The average Bonchev–Trinajstić information content (AvgIpc) is 3.29. The molecule has 2 saturated carbocycles. The summed E-state index contributed by atoms with van der Waals surface area (Å²) in [4.78, 5) is 1.75. The molecule has 2 aliphatic carbocycles. The van der Waals surface area contributed by atoms with Crippen molar-refractivity contribution in [1.82, 2.24) is 5.32 Å². The number of hydrogen-bond acceptors (Lipinski definition) is 2. The van der Waals surface area contributed by atoms with E-state index in [2.05, 4.69) is 5.32 Å². The van der Waals surface area contributed by atoms with Gasteiger partial charge < -0.3 is 10.2 Å². The smallest absolute Gasteiger partial charge is 0.374 e. The topological polar surface area (TPSA) is 15.3 Å². The van der Waals surface area contributed by atoms with Gasteiger partial charge in [-0.25, -0.2) is 0 Å². The summed E-state index contributed by atoms with van der Waals surface area (Å²) in [5, 5.41) is 3.26. The van der Waals surface area contributed by atoms with Crippen molar-refractivity contribution >= 4 is 5.69 Å². The molecule has 5 heteroatoms. The first-order valence-corrected chi connectivity index (χ1v) is 7.58. The fourth-order valence-corrected chi connectivity index (χ4v) is 2.59. The molecular formula is C16H21F3N2. The maximum atomic E-state index is 13.3. The molecule has 2 aliphatic rings. The summed E-state index contributed by atoms with van der Waals surface area (Å²) in [5.41, 5.74) is 0.489. The summed E-state index contributed by atoms with van der Waals surface area (Å²) in [5.74, 6) is 0.562. The van der Waals surface area contributed by atoms with Crippen LogP contribution in [0.25, 0.3) is 0 Å². The Morgan fingerprint density at radius 3 is 2.48 bits per heavy atom. The van der Waals surface area contributed by atoms with Crippen LogP contribution in [0.4, 0.5) is 18.9 Å². The summed E-state index contributed by atoms with van der Waals surface area (Å²) in [6.07, 6.45) is 0.232. The van der Waals surface area contributed by atoms with Gasteiger partial charge in [0.15, 0.2) is 0 Å². The Hall–Kier alpha value is -1.23. The normalized spacial score (nSPS) is 18.9. The number of nitrogens with zero attached hydrogens (tertiary/aromatic N) is 1. The second kappa shape index (κ2) is 5.52. The first kappa shape index (κ1) is 14.7. The van der Waals surface area contributed by atoms with Crippen molar-refractivity contribution in [2.45, 2.75) is 44.4 Å². The Morgan fingerprint density at radius 1 is 1.19 bits per heavy atom. The van der Waals surface area contributed by atoms with Crippen LogP contribution in [-0.4, -0.2) is 19.6 Å². The number of benzene rings is 1. The van der Waals surface area contributed by atoms with Crippen molar-refractivity contribution < 1.29 is 13.2 Å². The molecule has 0 aromatic heterocycles. The van der Waals surface area contributed by atoms with Crippen LogP contribution in [0.15, 0.2) is 18.2 Å².